The van der Waals surface area contributed by atoms with Crippen molar-refractivity contribution in [2.75, 3.05) is 18.8 Å². The summed E-state index contributed by atoms with van der Waals surface area (Å²) in [6, 6.07) is 9.46. The van der Waals surface area contributed by atoms with E-state index in [1.54, 1.807) is 12.1 Å². The minimum Gasteiger partial charge on any atom is -0.507 e. The van der Waals surface area contributed by atoms with Crippen molar-refractivity contribution in [3.8, 4) is 23.1 Å². The largest absolute Gasteiger partial charge is 0.507 e. The molecule has 0 amide bonds. The minimum atomic E-state index is 0.175. The highest BCUT2D eigenvalue weighted by Gasteiger charge is 2.22. The summed E-state index contributed by atoms with van der Waals surface area (Å²) in [6.07, 6.45) is 2.09. The molecule has 23 heavy (non-hydrogen) atoms. The fraction of sp³-hybridized carbons (Fsp3) is 0.333. The summed E-state index contributed by atoms with van der Waals surface area (Å²) in [5.74, 6) is 0.649. The summed E-state index contributed by atoms with van der Waals surface area (Å²) in [5.41, 5.74) is 9.64. The van der Waals surface area contributed by atoms with Gasteiger partial charge in [0.25, 0.3) is 0 Å². The molecule has 2 aromatic rings. The van der Waals surface area contributed by atoms with Gasteiger partial charge in [0.1, 0.15) is 17.6 Å². The summed E-state index contributed by atoms with van der Waals surface area (Å²) in [4.78, 5) is 4.37. The third kappa shape index (κ3) is 2.86. The van der Waals surface area contributed by atoms with Crippen LogP contribution in [-0.4, -0.2) is 23.2 Å². The molecule has 1 aliphatic heterocycles. The number of pyridine rings is 1. The Morgan fingerprint density at radius 3 is 2.91 bits per heavy atom. The first-order valence-electron chi connectivity index (χ1n) is 7.82. The molecule has 5 nitrogen and oxygen atoms in total. The van der Waals surface area contributed by atoms with Crippen LogP contribution in [-0.2, 0) is 0 Å². The molecule has 1 unspecified atom stereocenters. The van der Waals surface area contributed by atoms with Crippen LogP contribution in [0.3, 0.4) is 0 Å². The number of benzene rings is 1. The maximum atomic E-state index is 10.2. The molecule has 118 valence electrons. The summed E-state index contributed by atoms with van der Waals surface area (Å²) in [7, 11) is 0. The van der Waals surface area contributed by atoms with Crippen LogP contribution < -0.4 is 11.1 Å². The van der Waals surface area contributed by atoms with Crippen LogP contribution in [0.1, 0.15) is 35.4 Å². The van der Waals surface area contributed by atoms with Crippen LogP contribution in [0.15, 0.2) is 24.3 Å². The molecule has 0 aliphatic carbocycles. The average Bonchev–Trinajstić information content (AvgIpc) is 2.55. The summed E-state index contributed by atoms with van der Waals surface area (Å²) in [6.45, 7) is 3.76. The number of rotatable bonds is 2. The Morgan fingerprint density at radius 2 is 2.26 bits per heavy atom. The lowest BCUT2D eigenvalue weighted by Crippen LogP contribution is -2.29. The zero-order valence-electron chi connectivity index (χ0n) is 13.1. The molecule has 0 radical (unpaired) electrons. The molecule has 1 fully saturated rings. The van der Waals surface area contributed by atoms with E-state index in [-0.39, 0.29) is 17.5 Å². The number of anilines is 1. The van der Waals surface area contributed by atoms with Crippen LogP contribution in [0, 0.1) is 18.3 Å². The molecule has 2 heterocycles. The number of nitrogens with two attached hydrogens (primary N) is 1. The van der Waals surface area contributed by atoms with Gasteiger partial charge in [-0.25, -0.2) is 4.98 Å². The van der Waals surface area contributed by atoms with Crippen LogP contribution in [0.25, 0.3) is 11.3 Å². The van der Waals surface area contributed by atoms with Crippen LogP contribution >= 0.6 is 0 Å². The number of nitrogens with one attached hydrogen (secondary N) is 1. The predicted molar refractivity (Wildman–Crippen MR) is 90.0 cm³/mol. The Balaban J connectivity index is 2.17. The molecule has 0 spiro atoms. The molecule has 3 rings (SSSR count). The van der Waals surface area contributed by atoms with E-state index in [0.717, 1.165) is 37.1 Å². The molecule has 0 saturated carbocycles. The Bertz CT molecular complexity index is 753. The maximum absolute atomic E-state index is 10.2. The molecular weight excluding hydrogens is 288 g/mol. The van der Waals surface area contributed by atoms with Gasteiger partial charge in [-0.15, -0.1) is 0 Å². The number of hydrogen-bond acceptors (Lipinski definition) is 5. The number of phenolic OH excluding ortho intramolecular Hbond substituents is 1. The van der Waals surface area contributed by atoms with Gasteiger partial charge >= 0.3 is 0 Å². The van der Waals surface area contributed by atoms with Gasteiger partial charge in [0.2, 0.25) is 0 Å². The van der Waals surface area contributed by atoms with Crippen LogP contribution in [0.5, 0.6) is 5.75 Å². The maximum Gasteiger partial charge on any atom is 0.142 e. The lowest BCUT2D eigenvalue weighted by molar-refractivity contribution is 0.461. The van der Waals surface area contributed by atoms with Gasteiger partial charge in [-0.2, -0.15) is 5.26 Å². The standard InChI is InChI=1S/C18H20N4O/c1-11-4-2-6-16(23)17(11)15-8-13(12-5-3-7-21-10-12)14(9-19)18(20)22-15/h2,4,6,8,12,21,23H,3,5,7,10H2,1H3,(H2,20,22). The normalized spacial score (nSPS) is 17.7. The lowest BCUT2D eigenvalue weighted by Gasteiger charge is -2.25. The zero-order valence-corrected chi connectivity index (χ0v) is 13.1. The van der Waals surface area contributed by atoms with E-state index in [4.69, 9.17) is 5.73 Å². The first kappa shape index (κ1) is 15.3. The van der Waals surface area contributed by atoms with E-state index in [1.165, 1.54) is 0 Å². The molecule has 1 aromatic carbocycles. The van der Waals surface area contributed by atoms with E-state index in [1.807, 2.05) is 19.1 Å². The molecule has 4 N–H and O–H groups in total. The number of aryl methyl sites for hydroxylation is 1. The molecule has 1 atom stereocenters. The minimum absolute atomic E-state index is 0.175. The van der Waals surface area contributed by atoms with Gasteiger partial charge in [0.05, 0.1) is 11.3 Å². The van der Waals surface area contributed by atoms with E-state index in [2.05, 4.69) is 16.4 Å². The van der Waals surface area contributed by atoms with Crippen molar-refractivity contribution < 1.29 is 5.11 Å². The number of nitrogens with zero attached hydrogens (tertiary/aromatic N) is 2. The first-order chi connectivity index (χ1) is 11.1. The third-order valence-corrected chi connectivity index (χ3v) is 4.43. The smallest absolute Gasteiger partial charge is 0.142 e. The highest BCUT2D eigenvalue weighted by Crippen LogP contribution is 2.36. The van der Waals surface area contributed by atoms with Gasteiger partial charge in [-0.1, -0.05) is 12.1 Å². The summed E-state index contributed by atoms with van der Waals surface area (Å²) >= 11 is 0. The van der Waals surface area contributed by atoms with Crippen molar-refractivity contribution in [3.63, 3.8) is 0 Å². The third-order valence-electron chi connectivity index (χ3n) is 4.43. The number of nitriles is 1. The molecule has 1 aromatic heterocycles. The van der Waals surface area contributed by atoms with Crippen molar-refractivity contribution in [1.29, 1.82) is 5.26 Å². The monoisotopic (exact) mass is 308 g/mol. The fourth-order valence-corrected chi connectivity index (χ4v) is 3.26. The predicted octanol–water partition coefficient (Wildman–Crippen LogP) is 2.68. The highest BCUT2D eigenvalue weighted by atomic mass is 16.3. The molecule has 5 heteroatoms. The number of aromatic hydroxyl groups is 1. The van der Waals surface area contributed by atoms with E-state index >= 15 is 0 Å². The van der Waals surface area contributed by atoms with E-state index in [9.17, 15) is 10.4 Å². The second kappa shape index (κ2) is 6.27. The summed E-state index contributed by atoms with van der Waals surface area (Å²) < 4.78 is 0. The van der Waals surface area contributed by atoms with Crippen molar-refractivity contribution >= 4 is 5.82 Å². The number of aromatic nitrogens is 1. The van der Waals surface area contributed by atoms with Crippen molar-refractivity contribution in [3.05, 3.63) is 41.0 Å². The Morgan fingerprint density at radius 1 is 1.43 bits per heavy atom. The van der Waals surface area contributed by atoms with Gasteiger partial charge in [0.15, 0.2) is 0 Å². The highest BCUT2D eigenvalue weighted by molar-refractivity contribution is 5.74. The SMILES string of the molecule is Cc1cccc(O)c1-c1cc(C2CCCNC2)c(C#N)c(N)n1. The van der Waals surface area contributed by atoms with Crippen LogP contribution in [0.2, 0.25) is 0 Å². The van der Waals surface area contributed by atoms with Gasteiger partial charge < -0.3 is 16.2 Å². The molecule has 1 saturated heterocycles. The van der Waals surface area contributed by atoms with Gasteiger partial charge in [0, 0.05) is 12.1 Å². The molecule has 1 aliphatic rings. The lowest BCUT2D eigenvalue weighted by atomic mass is 9.87. The second-order valence-corrected chi connectivity index (χ2v) is 5.98. The molecular formula is C18H20N4O. The Labute approximate surface area is 135 Å². The van der Waals surface area contributed by atoms with Gasteiger partial charge in [-0.05, 0) is 55.5 Å². The molecule has 0 bridgehead atoms. The zero-order chi connectivity index (χ0) is 16.4. The number of piperidine rings is 1. The number of hydrogen-bond donors (Lipinski definition) is 3. The van der Waals surface area contributed by atoms with Crippen molar-refractivity contribution in [2.24, 2.45) is 0 Å². The Kier molecular flexibility index (Phi) is 4.18. The topological polar surface area (TPSA) is 95.0 Å². The second-order valence-electron chi connectivity index (χ2n) is 5.98. The number of phenols is 1. The fourth-order valence-electron chi connectivity index (χ4n) is 3.26. The average molecular weight is 308 g/mol. The first-order valence-corrected chi connectivity index (χ1v) is 7.82. The van der Waals surface area contributed by atoms with Crippen LogP contribution in [0.4, 0.5) is 5.82 Å². The number of nitrogen functional groups attached to an aromatic ring is 1. The quantitative estimate of drug-likeness (QED) is 0.793. The Hall–Kier alpha value is -2.58. The van der Waals surface area contributed by atoms with Crippen molar-refractivity contribution in [2.45, 2.75) is 25.7 Å². The van der Waals surface area contributed by atoms with Crippen molar-refractivity contribution in [1.82, 2.24) is 10.3 Å². The van der Waals surface area contributed by atoms with E-state index in [0.29, 0.717) is 16.8 Å². The van der Waals surface area contributed by atoms with E-state index < -0.39 is 0 Å². The van der Waals surface area contributed by atoms with Gasteiger partial charge in [-0.3, -0.25) is 0 Å². The summed E-state index contributed by atoms with van der Waals surface area (Å²) in [5, 5.41) is 23.0.